The molecule has 0 aliphatic carbocycles. The molecule has 5 nitrogen and oxygen atoms in total. The van der Waals surface area contributed by atoms with Gasteiger partial charge in [-0.25, -0.2) is 13.9 Å². The molecule has 100 valence electrons. The third-order valence-electron chi connectivity index (χ3n) is 2.83. The number of halogens is 2. The number of hydrogen-bond acceptors (Lipinski definition) is 3. The van der Waals surface area contributed by atoms with Crippen LogP contribution < -0.4 is 0 Å². The number of rotatable bonds is 2. The number of benzene rings is 2. The zero-order chi connectivity index (χ0) is 14.3. The van der Waals surface area contributed by atoms with Crippen molar-refractivity contribution in [1.29, 1.82) is 0 Å². The van der Waals surface area contributed by atoms with Gasteiger partial charge in [0.25, 0.3) is 0 Å². The van der Waals surface area contributed by atoms with Gasteiger partial charge in [-0.3, -0.25) is 0 Å². The standard InChI is InChI=1S/C13H7ClFN3O2/c14-9-3-2-8(15)6-12(9)18-11-4-1-7(13(19)20)5-10(11)16-17-18/h1-6H,(H,19,20). The third kappa shape index (κ3) is 2.00. The number of carbonyl (C=O) groups is 1. The molecule has 0 amide bonds. The van der Waals surface area contributed by atoms with Gasteiger partial charge in [0.2, 0.25) is 0 Å². The highest BCUT2D eigenvalue weighted by Crippen LogP contribution is 2.24. The first-order valence-corrected chi connectivity index (χ1v) is 5.98. The smallest absolute Gasteiger partial charge is 0.335 e. The highest BCUT2D eigenvalue weighted by Gasteiger charge is 2.12. The lowest BCUT2D eigenvalue weighted by atomic mass is 10.2. The molecule has 0 fully saturated rings. The molecule has 0 saturated heterocycles. The summed E-state index contributed by atoms with van der Waals surface area (Å²) in [6, 6.07) is 8.28. The highest BCUT2D eigenvalue weighted by molar-refractivity contribution is 6.32. The van der Waals surface area contributed by atoms with Crippen molar-refractivity contribution >= 4 is 28.6 Å². The number of aromatic carboxylic acids is 1. The van der Waals surface area contributed by atoms with Crippen LogP contribution in [0.25, 0.3) is 16.7 Å². The topological polar surface area (TPSA) is 68.0 Å². The van der Waals surface area contributed by atoms with Crippen LogP contribution in [0.5, 0.6) is 0 Å². The van der Waals surface area contributed by atoms with Crippen molar-refractivity contribution in [3.05, 3.63) is 52.8 Å². The van der Waals surface area contributed by atoms with E-state index >= 15 is 0 Å². The summed E-state index contributed by atoms with van der Waals surface area (Å²) >= 11 is 6.02. The van der Waals surface area contributed by atoms with E-state index in [2.05, 4.69) is 10.3 Å². The van der Waals surface area contributed by atoms with E-state index in [1.54, 1.807) is 6.07 Å². The summed E-state index contributed by atoms with van der Waals surface area (Å²) in [7, 11) is 0. The molecule has 7 heteroatoms. The molecule has 0 aliphatic heterocycles. The van der Waals surface area contributed by atoms with Gasteiger partial charge in [-0.2, -0.15) is 0 Å². The molecule has 3 rings (SSSR count). The SMILES string of the molecule is O=C(O)c1ccc2c(c1)nnn2-c1cc(F)ccc1Cl. The minimum Gasteiger partial charge on any atom is -0.478 e. The van der Waals surface area contributed by atoms with Crippen molar-refractivity contribution in [3.8, 4) is 5.69 Å². The summed E-state index contributed by atoms with van der Waals surface area (Å²) in [5.41, 5.74) is 1.39. The zero-order valence-corrected chi connectivity index (χ0v) is 10.7. The first kappa shape index (κ1) is 12.6. The van der Waals surface area contributed by atoms with Crippen LogP contribution in [0, 0.1) is 5.82 Å². The first-order chi connectivity index (χ1) is 9.56. The summed E-state index contributed by atoms with van der Waals surface area (Å²) in [5, 5.41) is 17.0. The highest BCUT2D eigenvalue weighted by atomic mass is 35.5. The van der Waals surface area contributed by atoms with Crippen LogP contribution in [0.1, 0.15) is 10.4 Å². The van der Waals surface area contributed by atoms with Gasteiger partial charge in [0.15, 0.2) is 0 Å². The lowest BCUT2D eigenvalue weighted by Gasteiger charge is -2.05. The number of fused-ring (bicyclic) bond motifs is 1. The van der Waals surface area contributed by atoms with Crippen molar-refractivity contribution in [2.24, 2.45) is 0 Å². The van der Waals surface area contributed by atoms with E-state index in [0.717, 1.165) is 0 Å². The molecule has 0 bridgehead atoms. The van der Waals surface area contributed by atoms with E-state index in [9.17, 15) is 9.18 Å². The van der Waals surface area contributed by atoms with Crippen LogP contribution in [0.2, 0.25) is 5.02 Å². The maximum Gasteiger partial charge on any atom is 0.335 e. The van der Waals surface area contributed by atoms with Gasteiger partial charge in [0.1, 0.15) is 11.3 Å². The summed E-state index contributed by atoms with van der Waals surface area (Å²) < 4.78 is 14.7. The van der Waals surface area contributed by atoms with Gasteiger partial charge < -0.3 is 5.11 Å². The van der Waals surface area contributed by atoms with E-state index < -0.39 is 11.8 Å². The lowest BCUT2D eigenvalue weighted by molar-refractivity contribution is 0.0697. The Hall–Kier alpha value is -2.47. The monoisotopic (exact) mass is 291 g/mol. The minimum atomic E-state index is -1.05. The Labute approximate surface area is 117 Å². The zero-order valence-electron chi connectivity index (χ0n) is 9.92. The molecule has 1 N–H and O–H groups in total. The molecule has 20 heavy (non-hydrogen) atoms. The van der Waals surface area contributed by atoms with Gasteiger partial charge in [0, 0.05) is 6.07 Å². The van der Waals surface area contributed by atoms with E-state index in [-0.39, 0.29) is 5.56 Å². The predicted octanol–water partition coefficient (Wildman–Crippen LogP) is 2.91. The Bertz CT molecular complexity index is 832. The van der Waals surface area contributed by atoms with Crippen LogP contribution in [-0.4, -0.2) is 26.1 Å². The molecule has 0 radical (unpaired) electrons. The summed E-state index contributed by atoms with van der Waals surface area (Å²) in [6.07, 6.45) is 0. The second kappa shape index (κ2) is 4.57. The molecule has 0 atom stereocenters. The lowest BCUT2D eigenvalue weighted by Crippen LogP contribution is -1.99. The van der Waals surface area contributed by atoms with E-state index in [1.807, 2.05) is 0 Å². The average molecular weight is 292 g/mol. The molecular weight excluding hydrogens is 285 g/mol. The normalized spacial score (nSPS) is 10.9. The summed E-state index contributed by atoms with van der Waals surface area (Å²) in [4.78, 5) is 10.9. The Kier molecular flexibility index (Phi) is 2.87. The summed E-state index contributed by atoms with van der Waals surface area (Å²) in [6.45, 7) is 0. The van der Waals surface area contributed by atoms with Crippen LogP contribution in [-0.2, 0) is 0 Å². The Morgan fingerprint density at radius 3 is 2.80 bits per heavy atom. The largest absolute Gasteiger partial charge is 0.478 e. The molecule has 1 heterocycles. The van der Waals surface area contributed by atoms with Gasteiger partial charge in [-0.05, 0) is 30.3 Å². The van der Waals surface area contributed by atoms with Crippen molar-refractivity contribution < 1.29 is 14.3 Å². The second-order valence-electron chi connectivity index (χ2n) is 4.11. The van der Waals surface area contributed by atoms with Gasteiger partial charge in [-0.1, -0.05) is 16.8 Å². The van der Waals surface area contributed by atoms with Crippen LogP contribution >= 0.6 is 11.6 Å². The van der Waals surface area contributed by atoms with Crippen molar-refractivity contribution in [2.45, 2.75) is 0 Å². The Balaban J connectivity index is 2.22. The molecule has 0 unspecified atom stereocenters. The van der Waals surface area contributed by atoms with Crippen molar-refractivity contribution in [3.63, 3.8) is 0 Å². The van der Waals surface area contributed by atoms with Crippen molar-refractivity contribution in [2.75, 3.05) is 0 Å². The summed E-state index contributed by atoms with van der Waals surface area (Å²) in [5.74, 6) is -1.50. The number of carboxylic acid groups (broad SMARTS) is 1. The maximum atomic E-state index is 13.3. The Morgan fingerprint density at radius 2 is 2.05 bits per heavy atom. The maximum absolute atomic E-state index is 13.3. The van der Waals surface area contributed by atoms with E-state index in [0.29, 0.717) is 21.7 Å². The molecule has 0 spiro atoms. The van der Waals surface area contributed by atoms with Crippen molar-refractivity contribution in [1.82, 2.24) is 15.0 Å². The quantitative estimate of drug-likeness (QED) is 0.788. The Morgan fingerprint density at radius 1 is 1.25 bits per heavy atom. The van der Waals surface area contributed by atoms with E-state index in [1.165, 1.54) is 35.0 Å². The van der Waals surface area contributed by atoms with Gasteiger partial charge in [-0.15, -0.1) is 5.10 Å². The number of hydrogen-bond donors (Lipinski definition) is 1. The van der Waals surface area contributed by atoms with Gasteiger partial charge >= 0.3 is 5.97 Å². The predicted molar refractivity (Wildman–Crippen MR) is 70.8 cm³/mol. The average Bonchev–Trinajstić information content (AvgIpc) is 2.84. The van der Waals surface area contributed by atoms with Gasteiger partial charge in [0.05, 0.1) is 21.8 Å². The van der Waals surface area contributed by atoms with Crippen LogP contribution in [0.4, 0.5) is 4.39 Å². The fraction of sp³-hybridized carbons (Fsp3) is 0. The fourth-order valence-corrected chi connectivity index (χ4v) is 2.08. The van der Waals surface area contributed by atoms with Crippen LogP contribution in [0.3, 0.4) is 0 Å². The molecule has 2 aromatic carbocycles. The first-order valence-electron chi connectivity index (χ1n) is 5.60. The molecule has 0 aliphatic rings. The molecule has 1 aromatic heterocycles. The fourth-order valence-electron chi connectivity index (χ4n) is 1.88. The number of aromatic nitrogens is 3. The van der Waals surface area contributed by atoms with E-state index in [4.69, 9.17) is 16.7 Å². The third-order valence-corrected chi connectivity index (χ3v) is 3.15. The molecular formula is C13H7ClFN3O2. The number of carboxylic acids is 1. The van der Waals surface area contributed by atoms with Crippen LogP contribution in [0.15, 0.2) is 36.4 Å². The second-order valence-corrected chi connectivity index (χ2v) is 4.51. The number of nitrogens with zero attached hydrogens (tertiary/aromatic N) is 3. The minimum absolute atomic E-state index is 0.106. The molecule has 0 saturated carbocycles. The molecule has 3 aromatic rings.